The first-order chi connectivity index (χ1) is 14.8. The second kappa shape index (κ2) is 7.71. The fourth-order valence-corrected chi connectivity index (χ4v) is 3.56. The van der Waals surface area contributed by atoms with Crippen molar-refractivity contribution in [3.05, 3.63) is 101 Å². The second-order valence-corrected chi connectivity index (χ2v) is 7.01. The van der Waals surface area contributed by atoms with Crippen molar-refractivity contribution in [3.8, 4) is 0 Å². The molecule has 3 aromatic rings. The number of carbonyl (C=O) groups is 2. The average Bonchev–Trinajstić information content (AvgIpc) is 3.02. The molecule has 1 unspecified atom stereocenters. The van der Waals surface area contributed by atoms with Crippen LogP contribution in [0.2, 0.25) is 0 Å². The largest absolute Gasteiger partial charge is 0.507 e. The van der Waals surface area contributed by atoms with Gasteiger partial charge in [0.1, 0.15) is 23.2 Å². The Morgan fingerprint density at radius 3 is 2.32 bits per heavy atom. The van der Waals surface area contributed by atoms with E-state index in [0.29, 0.717) is 5.56 Å². The lowest BCUT2D eigenvalue weighted by molar-refractivity contribution is -0.132. The summed E-state index contributed by atoms with van der Waals surface area (Å²) in [5.41, 5.74) is -0.104. The quantitative estimate of drug-likeness (QED) is 0.384. The van der Waals surface area contributed by atoms with E-state index in [1.54, 1.807) is 0 Å². The van der Waals surface area contributed by atoms with Gasteiger partial charge in [-0.2, -0.15) is 0 Å². The van der Waals surface area contributed by atoms with Gasteiger partial charge in [-0.25, -0.2) is 13.2 Å². The fourth-order valence-electron chi connectivity index (χ4n) is 3.56. The molecule has 1 aliphatic rings. The zero-order chi connectivity index (χ0) is 22.3. The van der Waals surface area contributed by atoms with Crippen LogP contribution in [0.4, 0.5) is 18.9 Å². The van der Waals surface area contributed by atoms with Crippen LogP contribution in [0.3, 0.4) is 0 Å². The summed E-state index contributed by atoms with van der Waals surface area (Å²) in [4.78, 5) is 30.5. The number of anilines is 1. The lowest BCUT2D eigenvalue weighted by Crippen LogP contribution is -2.30. The van der Waals surface area contributed by atoms with Crippen LogP contribution in [-0.2, 0) is 9.59 Å². The molecular weight excluding hydrogens is 409 g/mol. The van der Waals surface area contributed by atoms with Crippen LogP contribution in [-0.4, -0.2) is 21.8 Å². The molecule has 1 atom stereocenters. The maximum atomic E-state index is 14.6. The number of nitrogens with zero attached hydrogens (tertiary/aromatic N) is 2. The summed E-state index contributed by atoms with van der Waals surface area (Å²) < 4.78 is 42.1. The number of pyridine rings is 1. The molecule has 8 heteroatoms. The Labute approximate surface area is 175 Å². The van der Waals surface area contributed by atoms with E-state index in [1.807, 2.05) is 0 Å². The summed E-state index contributed by atoms with van der Waals surface area (Å²) in [6.07, 6.45) is 2.80. The first kappa shape index (κ1) is 20.3. The van der Waals surface area contributed by atoms with Gasteiger partial charge in [-0.05, 0) is 60.5 Å². The third-order valence-corrected chi connectivity index (χ3v) is 5.07. The van der Waals surface area contributed by atoms with Crippen molar-refractivity contribution < 1.29 is 27.9 Å². The predicted molar refractivity (Wildman–Crippen MR) is 107 cm³/mol. The number of hydrogen-bond acceptors (Lipinski definition) is 4. The minimum absolute atomic E-state index is 0.107. The molecule has 1 saturated heterocycles. The van der Waals surface area contributed by atoms with Gasteiger partial charge in [0.25, 0.3) is 11.7 Å². The van der Waals surface area contributed by atoms with Gasteiger partial charge < -0.3 is 5.11 Å². The first-order valence-corrected chi connectivity index (χ1v) is 9.22. The summed E-state index contributed by atoms with van der Waals surface area (Å²) in [6, 6.07) is 7.97. The molecule has 0 saturated carbocycles. The monoisotopic (exact) mass is 424 g/mol. The highest BCUT2D eigenvalue weighted by molar-refractivity contribution is 6.51. The van der Waals surface area contributed by atoms with Crippen molar-refractivity contribution in [3.63, 3.8) is 0 Å². The maximum absolute atomic E-state index is 14.6. The Morgan fingerprint density at radius 1 is 0.968 bits per heavy atom. The molecule has 4 rings (SSSR count). The highest BCUT2D eigenvalue weighted by atomic mass is 19.1. The summed E-state index contributed by atoms with van der Waals surface area (Å²) in [5.74, 6) is -5.00. The SMILES string of the molecule is Cc1cc(/C(O)=C2\C(=O)C(=O)N(c3cc(F)ccc3F)C2c2ccncc2)ccc1F. The van der Waals surface area contributed by atoms with Crippen LogP contribution in [0.1, 0.15) is 22.7 Å². The number of hydrogen-bond donors (Lipinski definition) is 1. The highest BCUT2D eigenvalue weighted by Gasteiger charge is 2.47. The molecule has 0 spiro atoms. The summed E-state index contributed by atoms with van der Waals surface area (Å²) in [6.45, 7) is 1.48. The lowest BCUT2D eigenvalue weighted by atomic mass is 9.95. The summed E-state index contributed by atoms with van der Waals surface area (Å²) in [7, 11) is 0. The van der Waals surface area contributed by atoms with Crippen molar-refractivity contribution in [2.24, 2.45) is 0 Å². The topological polar surface area (TPSA) is 70.5 Å². The Balaban J connectivity index is 1.98. The number of aromatic nitrogens is 1. The third-order valence-electron chi connectivity index (χ3n) is 5.07. The number of rotatable bonds is 3. The van der Waals surface area contributed by atoms with Crippen LogP contribution in [0.25, 0.3) is 5.76 Å². The Kier molecular flexibility index (Phi) is 5.06. The summed E-state index contributed by atoms with van der Waals surface area (Å²) in [5, 5.41) is 10.9. The van der Waals surface area contributed by atoms with Gasteiger partial charge in [-0.1, -0.05) is 0 Å². The van der Waals surface area contributed by atoms with E-state index in [1.165, 1.54) is 43.6 Å². The number of aryl methyl sites for hydroxylation is 1. The van der Waals surface area contributed by atoms with E-state index in [9.17, 15) is 27.9 Å². The van der Waals surface area contributed by atoms with E-state index in [2.05, 4.69) is 4.98 Å². The van der Waals surface area contributed by atoms with Gasteiger partial charge in [0.05, 0.1) is 17.3 Å². The van der Waals surface area contributed by atoms with Gasteiger partial charge in [0.15, 0.2) is 0 Å². The Hall–Kier alpha value is -3.94. The molecule has 0 bridgehead atoms. The molecule has 0 radical (unpaired) electrons. The molecule has 1 fully saturated rings. The maximum Gasteiger partial charge on any atom is 0.300 e. The van der Waals surface area contributed by atoms with Crippen molar-refractivity contribution in [2.75, 3.05) is 4.90 Å². The zero-order valence-corrected chi connectivity index (χ0v) is 16.1. The number of ketones is 1. The van der Waals surface area contributed by atoms with Crippen LogP contribution < -0.4 is 4.90 Å². The van der Waals surface area contributed by atoms with Crippen LogP contribution in [0.15, 0.2) is 66.5 Å². The van der Waals surface area contributed by atoms with Crippen molar-refractivity contribution >= 4 is 23.1 Å². The number of benzene rings is 2. The smallest absolute Gasteiger partial charge is 0.300 e. The van der Waals surface area contributed by atoms with Crippen molar-refractivity contribution in [2.45, 2.75) is 13.0 Å². The average molecular weight is 424 g/mol. The second-order valence-electron chi connectivity index (χ2n) is 7.01. The number of halogens is 3. The molecule has 0 aliphatic carbocycles. The van der Waals surface area contributed by atoms with Crippen molar-refractivity contribution in [1.29, 1.82) is 0 Å². The van der Waals surface area contributed by atoms with Gasteiger partial charge in [-0.3, -0.25) is 19.5 Å². The minimum Gasteiger partial charge on any atom is -0.507 e. The van der Waals surface area contributed by atoms with Crippen LogP contribution in [0.5, 0.6) is 0 Å². The van der Waals surface area contributed by atoms with Crippen molar-refractivity contribution in [1.82, 2.24) is 4.98 Å². The lowest BCUT2D eigenvalue weighted by Gasteiger charge is -2.25. The van der Waals surface area contributed by atoms with E-state index >= 15 is 0 Å². The number of Topliss-reactive ketones (excluding diaryl/α,β-unsaturated/α-hetero) is 1. The molecule has 1 aromatic heterocycles. The normalized spacial score (nSPS) is 17.9. The summed E-state index contributed by atoms with van der Waals surface area (Å²) >= 11 is 0. The molecule has 5 nitrogen and oxygen atoms in total. The zero-order valence-electron chi connectivity index (χ0n) is 16.1. The van der Waals surface area contributed by atoms with E-state index in [0.717, 1.165) is 29.2 Å². The van der Waals surface area contributed by atoms with Crippen LogP contribution >= 0.6 is 0 Å². The number of aliphatic hydroxyl groups is 1. The molecular formula is C23H15F3N2O3. The number of aliphatic hydroxyl groups excluding tert-OH is 1. The van der Waals surface area contributed by atoms with Crippen LogP contribution in [0, 0.1) is 24.4 Å². The fraction of sp³-hybridized carbons (Fsp3) is 0.0870. The minimum atomic E-state index is -1.25. The predicted octanol–water partition coefficient (Wildman–Crippen LogP) is 4.43. The first-order valence-electron chi connectivity index (χ1n) is 9.22. The van der Waals surface area contributed by atoms with E-state index in [4.69, 9.17) is 0 Å². The molecule has 2 aromatic carbocycles. The molecule has 1 amide bonds. The molecule has 1 N–H and O–H groups in total. The van der Waals surface area contributed by atoms with Gasteiger partial charge in [0, 0.05) is 24.0 Å². The number of carbonyl (C=O) groups excluding carboxylic acids is 2. The third kappa shape index (κ3) is 3.46. The van der Waals surface area contributed by atoms with Gasteiger partial charge in [0.2, 0.25) is 0 Å². The molecule has 156 valence electrons. The van der Waals surface area contributed by atoms with E-state index < -0.39 is 46.6 Å². The van der Waals surface area contributed by atoms with Gasteiger partial charge in [-0.15, -0.1) is 0 Å². The molecule has 1 aliphatic heterocycles. The standard InChI is InChI=1S/C23H15F3N2O3/c1-12-10-14(2-4-16(12)25)21(29)19-20(13-6-8-27-9-7-13)28(23(31)22(19)30)18-11-15(24)3-5-17(18)26/h2-11,20,29H,1H3/b21-19+. The van der Waals surface area contributed by atoms with Gasteiger partial charge >= 0.3 is 0 Å². The number of amides is 1. The Bertz CT molecular complexity index is 1240. The molecule has 2 heterocycles. The highest BCUT2D eigenvalue weighted by Crippen LogP contribution is 2.43. The molecule has 31 heavy (non-hydrogen) atoms. The Morgan fingerprint density at radius 2 is 1.65 bits per heavy atom. The van der Waals surface area contributed by atoms with E-state index in [-0.39, 0.29) is 16.7 Å².